The molecule has 0 unspecified atom stereocenters. The van der Waals surface area contributed by atoms with E-state index < -0.39 is 12.0 Å². The van der Waals surface area contributed by atoms with Gasteiger partial charge in [-0.05, 0) is 36.8 Å². The highest BCUT2D eigenvalue weighted by atomic mass is 35.5. The number of furan rings is 1. The Labute approximate surface area is 215 Å². The summed E-state index contributed by atoms with van der Waals surface area (Å²) in [5.74, 6) is 0.576. The number of hydrogen-bond donors (Lipinski definition) is 0. The van der Waals surface area contributed by atoms with Gasteiger partial charge in [-0.25, -0.2) is 9.79 Å². The van der Waals surface area contributed by atoms with E-state index in [4.69, 9.17) is 20.8 Å². The van der Waals surface area contributed by atoms with Crippen LogP contribution in [-0.4, -0.2) is 17.1 Å². The number of benzene rings is 2. The lowest BCUT2D eigenvalue weighted by Crippen LogP contribution is -2.39. The first-order valence-corrected chi connectivity index (χ1v) is 12.4. The fraction of sp³-hybridized carbons (Fsp3) is 0.107. The molecule has 0 saturated heterocycles. The minimum Gasteiger partial charge on any atom is -0.458 e. The summed E-state index contributed by atoms with van der Waals surface area (Å²) in [7, 11) is 0. The number of aromatic nitrogens is 1. The van der Waals surface area contributed by atoms with Crippen molar-refractivity contribution in [3.63, 3.8) is 0 Å². The number of esters is 1. The fourth-order valence-corrected chi connectivity index (χ4v) is 5.37. The summed E-state index contributed by atoms with van der Waals surface area (Å²) in [6.45, 7) is 5.42. The highest BCUT2D eigenvalue weighted by Crippen LogP contribution is 2.31. The largest absolute Gasteiger partial charge is 0.458 e. The average Bonchev–Trinajstić information content (AvgIpc) is 3.47. The van der Waals surface area contributed by atoms with Crippen molar-refractivity contribution < 1.29 is 13.9 Å². The number of fused-ring (bicyclic) bond motifs is 1. The van der Waals surface area contributed by atoms with Gasteiger partial charge in [-0.1, -0.05) is 78.1 Å². The summed E-state index contributed by atoms with van der Waals surface area (Å²) in [4.78, 5) is 31.7. The minimum atomic E-state index is -0.669. The summed E-state index contributed by atoms with van der Waals surface area (Å²) in [6, 6.07) is 19.7. The maximum atomic E-state index is 13.6. The van der Waals surface area contributed by atoms with Crippen molar-refractivity contribution >= 4 is 35.0 Å². The minimum absolute atomic E-state index is 0.0633. The van der Waals surface area contributed by atoms with Crippen LogP contribution in [0.4, 0.5) is 0 Å². The van der Waals surface area contributed by atoms with Crippen LogP contribution < -0.4 is 14.9 Å². The molecule has 0 radical (unpaired) electrons. The summed E-state index contributed by atoms with van der Waals surface area (Å²) in [5, 5.41) is 0.576. The van der Waals surface area contributed by atoms with Crippen LogP contribution in [-0.2, 0) is 9.53 Å². The van der Waals surface area contributed by atoms with E-state index in [2.05, 4.69) is 11.6 Å². The second-order valence-corrected chi connectivity index (χ2v) is 9.48. The van der Waals surface area contributed by atoms with Gasteiger partial charge in [0, 0.05) is 11.6 Å². The second kappa shape index (κ2) is 9.97. The molecule has 8 heteroatoms. The van der Waals surface area contributed by atoms with E-state index in [1.165, 1.54) is 17.4 Å². The van der Waals surface area contributed by atoms with Crippen molar-refractivity contribution in [2.45, 2.75) is 13.0 Å². The standard InChI is InChI=1S/C28H21ClN2O4S/c1-3-15-34-27(33)24-17(2)30-28-31(25(24)18-9-5-4-6-10-18)26(32)23(36-28)16-19-13-14-22(35-19)20-11-7-8-12-21(20)29/h3-14,16,25H,1,15H2,2H3/b23-16-/t25-/m0/s1. The molecule has 0 amide bonds. The Kier molecular flexibility index (Phi) is 6.59. The Morgan fingerprint density at radius 3 is 2.67 bits per heavy atom. The zero-order chi connectivity index (χ0) is 25.2. The number of allylic oxidation sites excluding steroid dienone is 1. The first kappa shape index (κ1) is 23.8. The van der Waals surface area contributed by atoms with Crippen molar-refractivity contribution in [1.29, 1.82) is 0 Å². The molecule has 1 aliphatic rings. The number of thiazole rings is 1. The van der Waals surface area contributed by atoms with Gasteiger partial charge in [0.1, 0.15) is 18.1 Å². The Morgan fingerprint density at radius 1 is 1.17 bits per heavy atom. The van der Waals surface area contributed by atoms with Gasteiger partial charge in [0.05, 0.1) is 26.9 Å². The topological polar surface area (TPSA) is 73.8 Å². The second-order valence-electron chi connectivity index (χ2n) is 8.06. The molecular formula is C28H21ClN2O4S. The first-order chi connectivity index (χ1) is 17.5. The fourth-order valence-electron chi connectivity index (χ4n) is 4.11. The normalized spacial score (nSPS) is 15.4. The molecule has 0 aliphatic carbocycles. The molecule has 2 aromatic carbocycles. The lowest BCUT2D eigenvalue weighted by atomic mass is 9.96. The van der Waals surface area contributed by atoms with E-state index in [9.17, 15) is 9.59 Å². The number of nitrogens with zero attached hydrogens (tertiary/aromatic N) is 2. The summed E-state index contributed by atoms with van der Waals surface area (Å²) in [5.41, 5.74) is 2.10. The van der Waals surface area contributed by atoms with Gasteiger partial charge < -0.3 is 9.15 Å². The molecule has 36 heavy (non-hydrogen) atoms. The van der Waals surface area contributed by atoms with Crippen LogP contribution in [0.5, 0.6) is 0 Å². The van der Waals surface area contributed by atoms with Gasteiger partial charge in [0.15, 0.2) is 4.80 Å². The monoisotopic (exact) mass is 516 g/mol. The van der Waals surface area contributed by atoms with E-state index in [-0.39, 0.29) is 12.2 Å². The number of ether oxygens (including phenoxy) is 1. The molecular weight excluding hydrogens is 496 g/mol. The lowest BCUT2D eigenvalue weighted by Gasteiger charge is -2.24. The molecule has 3 heterocycles. The van der Waals surface area contributed by atoms with Crippen LogP contribution >= 0.6 is 22.9 Å². The maximum Gasteiger partial charge on any atom is 0.338 e. The van der Waals surface area contributed by atoms with Crippen molar-refractivity contribution in [3.8, 4) is 11.3 Å². The number of rotatable bonds is 6. The Morgan fingerprint density at radius 2 is 1.92 bits per heavy atom. The third-order valence-corrected chi connectivity index (χ3v) is 7.04. The third kappa shape index (κ3) is 4.39. The smallest absolute Gasteiger partial charge is 0.338 e. The quantitative estimate of drug-likeness (QED) is 0.270. The molecule has 4 aromatic rings. The first-order valence-electron chi connectivity index (χ1n) is 11.2. The molecule has 180 valence electrons. The lowest BCUT2D eigenvalue weighted by molar-refractivity contribution is -0.138. The highest BCUT2D eigenvalue weighted by Gasteiger charge is 2.33. The summed E-state index contributed by atoms with van der Waals surface area (Å²) >= 11 is 7.54. The Hall–Kier alpha value is -3.94. The van der Waals surface area contributed by atoms with E-state index in [1.807, 2.05) is 54.6 Å². The van der Waals surface area contributed by atoms with Crippen LogP contribution in [0.2, 0.25) is 5.02 Å². The van der Waals surface area contributed by atoms with Crippen LogP contribution in [0.15, 0.2) is 105 Å². The molecule has 0 bridgehead atoms. The van der Waals surface area contributed by atoms with Gasteiger partial charge in [-0.2, -0.15) is 0 Å². The molecule has 1 atom stereocenters. The molecule has 5 rings (SSSR count). The zero-order valence-electron chi connectivity index (χ0n) is 19.3. The number of halogens is 1. The number of carbonyl (C=O) groups excluding carboxylic acids is 1. The van der Waals surface area contributed by atoms with Gasteiger partial charge in [-0.15, -0.1) is 0 Å². The van der Waals surface area contributed by atoms with Crippen LogP contribution in [0.1, 0.15) is 24.3 Å². The van der Waals surface area contributed by atoms with Crippen molar-refractivity contribution in [2.75, 3.05) is 6.61 Å². The summed E-state index contributed by atoms with van der Waals surface area (Å²) in [6.07, 6.45) is 3.18. The molecule has 0 N–H and O–H groups in total. The van der Waals surface area contributed by atoms with E-state index in [1.54, 1.807) is 29.7 Å². The molecule has 6 nitrogen and oxygen atoms in total. The van der Waals surface area contributed by atoms with E-state index in [0.717, 1.165) is 11.1 Å². The zero-order valence-corrected chi connectivity index (χ0v) is 20.9. The Balaban J connectivity index is 1.63. The van der Waals surface area contributed by atoms with Crippen LogP contribution in [0.25, 0.3) is 17.4 Å². The molecule has 0 saturated carbocycles. The number of carbonyl (C=O) groups is 1. The Bertz CT molecular complexity index is 1680. The van der Waals surface area contributed by atoms with Gasteiger partial charge in [-0.3, -0.25) is 9.36 Å². The SMILES string of the molecule is C=CCOC(=O)C1=C(C)N=c2s/c(=C\c3ccc(-c4ccccc4Cl)o3)c(=O)n2[C@H]1c1ccccc1. The number of hydrogen-bond acceptors (Lipinski definition) is 6. The van der Waals surface area contributed by atoms with Crippen LogP contribution in [0.3, 0.4) is 0 Å². The van der Waals surface area contributed by atoms with E-state index in [0.29, 0.717) is 37.1 Å². The van der Waals surface area contributed by atoms with Gasteiger partial charge >= 0.3 is 5.97 Å². The average molecular weight is 517 g/mol. The van der Waals surface area contributed by atoms with E-state index >= 15 is 0 Å². The predicted octanol–water partition coefficient (Wildman–Crippen LogP) is 4.88. The molecule has 1 aliphatic heterocycles. The van der Waals surface area contributed by atoms with Crippen molar-refractivity contribution in [3.05, 3.63) is 127 Å². The predicted molar refractivity (Wildman–Crippen MR) is 141 cm³/mol. The molecule has 0 fully saturated rings. The van der Waals surface area contributed by atoms with Crippen molar-refractivity contribution in [1.82, 2.24) is 4.57 Å². The summed E-state index contributed by atoms with van der Waals surface area (Å²) < 4.78 is 13.3. The van der Waals surface area contributed by atoms with Crippen LogP contribution in [0, 0.1) is 0 Å². The molecule has 0 spiro atoms. The molecule has 2 aromatic heterocycles. The van der Waals surface area contributed by atoms with Crippen molar-refractivity contribution in [2.24, 2.45) is 4.99 Å². The third-order valence-electron chi connectivity index (χ3n) is 5.73. The highest BCUT2D eigenvalue weighted by molar-refractivity contribution is 7.07. The van der Waals surface area contributed by atoms with Gasteiger partial charge in [0.25, 0.3) is 5.56 Å². The van der Waals surface area contributed by atoms with Gasteiger partial charge in [0.2, 0.25) is 0 Å². The maximum absolute atomic E-state index is 13.6.